The lowest BCUT2D eigenvalue weighted by Gasteiger charge is -2.40. The second-order valence-corrected chi connectivity index (χ2v) is 21.0. The Hall–Kier alpha value is -5.51. The van der Waals surface area contributed by atoms with Gasteiger partial charge in [0.15, 0.2) is 21.2 Å². The van der Waals surface area contributed by atoms with E-state index in [1.54, 1.807) is 48.5 Å². The number of nitrogen functional groups attached to an aromatic ring is 1. The minimum Gasteiger partial charge on any atom is -0.382 e. The van der Waals surface area contributed by atoms with Gasteiger partial charge in [0, 0.05) is 98.3 Å². The van der Waals surface area contributed by atoms with Gasteiger partial charge in [0.05, 0.1) is 55.0 Å². The first-order valence-corrected chi connectivity index (χ1v) is 28.2. The average molecular weight is 1150 g/mol. The van der Waals surface area contributed by atoms with Gasteiger partial charge in [0.25, 0.3) is 0 Å². The van der Waals surface area contributed by atoms with Gasteiger partial charge in [0.1, 0.15) is 10.7 Å². The number of hydrogen-bond donors (Lipinski definition) is 4. The third kappa shape index (κ3) is 17.5. The monoisotopic (exact) mass is 1150 g/mol. The van der Waals surface area contributed by atoms with Crippen molar-refractivity contribution in [2.24, 2.45) is 10.7 Å². The molecule has 4 fully saturated rings. The molecule has 21 heteroatoms. The summed E-state index contributed by atoms with van der Waals surface area (Å²) in [5.41, 5.74) is 18.1. The van der Waals surface area contributed by atoms with Crippen molar-refractivity contribution in [1.29, 1.82) is 10.5 Å². The molecule has 4 aliphatic heterocycles. The maximum absolute atomic E-state index is 12.9. The number of ether oxygens (including phenoxy) is 2. The van der Waals surface area contributed by atoms with Gasteiger partial charge >= 0.3 is 0 Å². The van der Waals surface area contributed by atoms with Crippen LogP contribution in [-0.2, 0) is 9.47 Å². The number of aliphatic imine (C=N–C) groups is 1. The molecule has 4 aromatic carbocycles. The molecule has 4 aliphatic rings. The number of aromatic nitrogens is 1. The Morgan fingerprint density at radius 1 is 0.773 bits per heavy atom. The number of carbonyl (C=O) groups is 2. The van der Waals surface area contributed by atoms with Crippen molar-refractivity contribution in [3.63, 3.8) is 0 Å². The minimum atomic E-state index is -0.235. The van der Waals surface area contributed by atoms with E-state index in [1.165, 1.54) is 60.2 Å². The first-order valence-electron chi connectivity index (χ1n) is 24.8. The molecule has 5 heterocycles. The lowest BCUT2D eigenvalue weighted by Crippen LogP contribution is -2.49. The van der Waals surface area contributed by atoms with Crippen LogP contribution >= 0.6 is 61.1 Å². The SMILES string of the molecule is CCSC(N)=NC(=S)Nc1ccc(N2CCC(N3CCOCC3)CC2)cc1.N#Cc1cccc(C(=O)CBr)c1.N#Cc1cccc(C(=O)c2sc(Nc3ccc(N4CCC(N5CCOCC5)CC4)cc3)nc2N)c1.P. The number of ketones is 2. The normalized spacial score (nSPS) is 16.6. The van der Waals surface area contributed by atoms with Gasteiger partial charge in [-0.1, -0.05) is 70.2 Å². The van der Waals surface area contributed by atoms with Crippen molar-refractivity contribution in [3.8, 4) is 12.1 Å². The van der Waals surface area contributed by atoms with E-state index >= 15 is 0 Å². The molecule has 1 aromatic heterocycles. The van der Waals surface area contributed by atoms with Gasteiger partial charge in [0.2, 0.25) is 5.78 Å². The minimum absolute atomic E-state index is 0. The zero-order valence-electron chi connectivity index (χ0n) is 42.3. The number of thioether (sulfide) groups is 1. The maximum Gasteiger partial charge on any atom is 0.206 e. The predicted molar refractivity (Wildman–Crippen MR) is 319 cm³/mol. The molecule has 4 saturated heterocycles. The highest BCUT2D eigenvalue weighted by molar-refractivity contribution is 9.09. The topological polar surface area (TPSA) is 214 Å². The Morgan fingerprint density at radius 3 is 1.73 bits per heavy atom. The molecular weight excluding hydrogens is 1090 g/mol. The van der Waals surface area contributed by atoms with Crippen LogP contribution < -0.4 is 31.9 Å². The van der Waals surface area contributed by atoms with Crippen LogP contribution in [0.5, 0.6) is 0 Å². The van der Waals surface area contributed by atoms with Crippen LogP contribution in [0.4, 0.5) is 33.7 Å². The number of thiazole rings is 1. The molecule has 5 aromatic rings. The fraction of sp³-hybridized carbons (Fsp3) is 0.389. The van der Waals surface area contributed by atoms with Crippen LogP contribution in [0.2, 0.25) is 0 Å². The molecule has 0 aliphatic carbocycles. The Bertz CT molecular complexity index is 2760. The van der Waals surface area contributed by atoms with E-state index < -0.39 is 0 Å². The molecule has 396 valence electrons. The molecule has 1 unspecified atom stereocenters. The van der Waals surface area contributed by atoms with Crippen molar-refractivity contribution >= 4 is 117 Å². The van der Waals surface area contributed by atoms with E-state index in [0.717, 1.165) is 95.9 Å². The highest BCUT2D eigenvalue weighted by Crippen LogP contribution is 2.32. The number of nitrogens with two attached hydrogens (primary N) is 2. The van der Waals surface area contributed by atoms with E-state index in [4.69, 9.17) is 43.7 Å². The number of nitriles is 2. The highest BCUT2D eigenvalue weighted by atomic mass is 79.9. The zero-order chi connectivity index (χ0) is 52.2. The summed E-state index contributed by atoms with van der Waals surface area (Å²) in [7, 11) is 0. The highest BCUT2D eigenvalue weighted by Gasteiger charge is 2.28. The number of alkyl halides is 1. The van der Waals surface area contributed by atoms with Crippen molar-refractivity contribution in [1.82, 2.24) is 14.8 Å². The second kappa shape index (κ2) is 30.3. The average Bonchev–Trinajstić information content (AvgIpc) is 3.82. The van der Waals surface area contributed by atoms with E-state index in [9.17, 15) is 9.59 Å². The van der Waals surface area contributed by atoms with Crippen LogP contribution in [0.15, 0.2) is 102 Å². The number of rotatable bonds is 12. The number of morpholine rings is 2. The number of piperidine rings is 2. The molecule has 0 radical (unpaired) electrons. The molecule has 0 saturated carbocycles. The van der Waals surface area contributed by atoms with Crippen LogP contribution in [0.25, 0.3) is 0 Å². The molecule has 16 nitrogen and oxygen atoms in total. The fourth-order valence-electron chi connectivity index (χ4n) is 9.18. The van der Waals surface area contributed by atoms with E-state index in [2.05, 4.69) is 86.5 Å². The van der Waals surface area contributed by atoms with E-state index in [1.807, 2.05) is 37.3 Å². The van der Waals surface area contributed by atoms with Gasteiger partial charge in [-0.15, -0.1) is 0 Å². The number of nitrogens with one attached hydrogen (secondary N) is 2. The number of nitrogens with zero attached hydrogens (tertiary/aromatic N) is 8. The van der Waals surface area contributed by atoms with Gasteiger partial charge < -0.3 is 41.4 Å². The number of hydrogen-bond acceptors (Lipinski definition) is 16. The number of carbonyl (C=O) groups excluding carboxylic acids is 2. The first-order chi connectivity index (χ1) is 36.0. The number of anilines is 6. The van der Waals surface area contributed by atoms with E-state index in [0.29, 0.717) is 60.0 Å². The summed E-state index contributed by atoms with van der Waals surface area (Å²) < 4.78 is 11.0. The van der Waals surface area contributed by atoms with Gasteiger partial charge in [-0.25, -0.2) is 4.98 Å². The lowest BCUT2D eigenvalue weighted by molar-refractivity contribution is 0.0115. The molecule has 0 amide bonds. The number of halogens is 1. The largest absolute Gasteiger partial charge is 0.382 e. The summed E-state index contributed by atoms with van der Waals surface area (Å²) in [6, 6.07) is 35.3. The number of amidine groups is 1. The molecule has 0 spiro atoms. The van der Waals surface area contributed by atoms with Crippen molar-refractivity contribution < 1.29 is 19.1 Å². The van der Waals surface area contributed by atoms with Gasteiger partial charge in [-0.3, -0.25) is 19.4 Å². The molecule has 75 heavy (non-hydrogen) atoms. The number of thiocarbonyl (C=S) groups is 1. The summed E-state index contributed by atoms with van der Waals surface area (Å²) in [4.78, 5) is 43.0. The van der Waals surface area contributed by atoms with Crippen molar-refractivity contribution in [2.75, 3.05) is 116 Å². The summed E-state index contributed by atoms with van der Waals surface area (Å²) in [5.74, 6) is 0.826. The first kappa shape index (κ1) is 58.7. The molecule has 9 rings (SSSR count). The van der Waals surface area contributed by atoms with Crippen LogP contribution in [0, 0.1) is 22.7 Å². The lowest BCUT2D eigenvalue weighted by atomic mass is 10.0. The van der Waals surface area contributed by atoms with E-state index in [-0.39, 0.29) is 27.3 Å². The maximum atomic E-state index is 12.9. The number of Topliss-reactive ketones (excluding diaryl/α,β-unsaturated/α-hetero) is 1. The molecule has 0 bridgehead atoms. The number of benzene rings is 4. The van der Waals surface area contributed by atoms with Crippen molar-refractivity contribution in [2.45, 2.75) is 44.7 Å². The Balaban J connectivity index is 0.000000202. The molecular formula is C54H66BrN12O4PS3. The Kier molecular flexibility index (Phi) is 23.7. The standard InChI is InChI=1S/C26H28N6O2S.C19H29N5OS2.C9H6BrNO.H3P/c27-17-18-2-1-3-19(16-18)23(33)24-25(28)30-26(35-24)29-20-4-6-21(7-5-20)31-10-8-22(9-11-31)32-12-14-34-15-13-32;1-2-27-18(20)22-19(26)21-15-3-5-16(6-4-15)23-9-7-17(8-10-23)24-11-13-25-14-12-24;10-5-9(12)8-3-1-2-7(4-8)6-11;/h1-7,16,22H,8-15,28H2,(H,29,30);3-6,17H,2,7-14H2,1H3,(H3,20,21,22,26);1-4H,5H2;1H3. The van der Waals surface area contributed by atoms with Gasteiger partial charge in [-0.05, 0) is 116 Å². The van der Waals surface area contributed by atoms with Crippen molar-refractivity contribution in [3.05, 3.63) is 124 Å². The Labute approximate surface area is 466 Å². The summed E-state index contributed by atoms with van der Waals surface area (Å²) >= 11 is 11.0. The predicted octanol–water partition coefficient (Wildman–Crippen LogP) is 8.82. The smallest absolute Gasteiger partial charge is 0.206 e. The quantitative estimate of drug-likeness (QED) is 0.0229. The summed E-state index contributed by atoms with van der Waals surface area (Å²) in [6.45, 7) is 14.0. The van der Waals surface area contributed by atoms with Crippen LogP contribution in [-0.4, -0.2) is 139 Å². The van der Waals surface area contributed by atoms with Crippen LogP contribution in [0.1, 0.15) is 69.3 Å². The molecule has 6 N–H and O–H groups in total. The summed E-state index contributed by atoms with van der Waals surface area (Å²) in [6.07, 6.45) is 4.78. The second-order valence-electron chi connectivity index (χ2n) is 17.8. The third-order valence-corrected chi connectivity index (χ3v) is 15.4. The molecule has 1 atom stereocenters. The fourth-order valence-corrected chi connectivity index (χ4v) is 11.1. The van der Waals surface area contributed by atoms with Crippen LogP contribution in [0.3, 0.4) is 0 Å². The zero-order valence-corrected chi connectivity index (χ0v) is 47.7. The third-order valence-electron chi connectivity index (χ3n) is 13.1. The Morgan fingerprint density at radius 2 is 1.25 bits per heavy atom. The summed E-state index contributed by atoms with van der Waals surface area (Å²) in [5, 5.41) is 25.8. The van der Waals surface area contributed by atoms with Gasteiger partial charge in [-0.2, -0.15) is 25.4 Å².